The number of benzene rings is 1. The molecule has 0 aliphatic rings. The SMILES string of the molecule is CCC(=O)C(CCCc1ccccc1)NC(C)(C)C. The average molecular weight is 261 g/mol. The molecule has 0 aliphatic carbocycles. The van der Waals surface area contributed by atoms with Crippen LogP contribution >= 0.6 is 0 Å². The summed E-state index contributed by atoms with van der Waals surface area (Å²) < 4.78 is 0. The van der Waals surface area contributed by atoms with Gasteiger partial charge in [0.1, 0.15) is 5.78 Å². The Morgan fingerprint density at radius 3 is 2.37 bits per heavy atom. The Morgan fingerprint density at radius 1 is 1.21 bits per heavy atom. The Kier molecular flexibility index (Phi) is 6.23. The normalized spacial score (nSPS) is 13.3. The van der Waals surface area contributed by atoms with Gasteiger partial charge in [-0.2, -0.15) is 0 Å². The van der Waals surface area contributed by atoms with Gasteiger partial charge in [-0.3, -0.25) is 4.79 Å². The van der Waals surface area contributed by atoms with Crippen molar-refractivity contribution >= 4 is 5.78 Å². The van der Waals surface area contributed by atoms with Crippen LogP contribution in [0.15, 0.2) is 30.3 Å². The molecule has 0 aromatic heterocycles. The Morgan fingerprint density at radius 2 is 1.84 bits per heavy atom. The van der Waals surface area contributed by atoms with Gasteiger partial charge in [0.05, 0.1) is 6.04 Å². The summed E-state index contributed by atoms with van der Waals surface area (Å²) in [5.41, 5.74) is 1.34. The number of carbonyl (C=O) groups excluding carboxylic acids is 1. The second-order valence-corrected chi connectivity index (χ2v) is 6.14. The Balaban J connectivity index is 2.47. The van der Waals surface area contributed by atoms with E-state index in [2.05, 4.69) is 50.4 Å². The fourth-order valence-corrected chi connectivity index (χ4v) is 2.24. The lowest BCUT2D eigenvalue weighted by Crippen LogP contribution is -2.47. The third-order valence-electron chi connectivity index (χ3n) is 3.15. The van der Waals surface area contributed by atoms with Crippen molar-refractivity contribution in [3.63, 3.8) is 0 Å². The molecule has 0 heterocycles. The number of hydrogen-bond acceptors (Lipinski definition) is 2. The minimum absolute atomic E-state index is 0.00582. The summed E-state index contributed by atoms with van der Waals surface area (Å²) in [5.74, 6) is 0.322. The summed E-state index contributed by atoms with van der Waals surface area (Å²) in [6, 6.07) is 10.5. The Bertz CT molecular complexity index is 378. The monoisotopic (exact) mass is 261 g/mol. The zero-order chi connectivity index (χ0) is 14.3. The van der Waals surface area contributed by atoms with Crippen LogP contribution in [0.3, 0.4) is 0 Å². The van der Waals surface area contributed by atoms with Gasteiger partial charge in [-0.1, -0.05) is 37.3 Å². The topological polar surface area (TPSA) is 29.1 Å². The maximum absolute atomic E-state index is 12.0. The molecule has 1 aromatic carbocycles. The van der Waals surface area contributed by atoms with Crippen LogP contribution in [0.1, 0.15) is 52.5 Å². The molecule has 1 unspecified atom stereocenters. The van der Waals surface area contributed by atoms with Gasteiger partial charge < -0.3 is 5.32 Å². The average Bonchev–Trinajstić information content (AvgIpc) is 2.36. The molecule has 2 heteroatoms. The van der Waals surface area contributed by atoms with E-state index in [0.29, 0.717) is 12.2 Å². The molecule has 1 atom stereocenters. The first-order chi connectivity index (χ1) is 8.92. The summed E-state index contributed by atoms with van der Waals surface area (Å²) in [7, 11) is 0. The first-order valence-corrected chi connectivity index (χ1v) is 7.26. The van der Waals surface area contributed by atoms with Gasteiger partial charge in [-0.05, 0) is 45.6 Å². The minimum Gasteiger partial charge on any atom is -0.303 e. The predicted octanol–water partition coefficient (Wildman–Crippen LogP) is 3.75. The predicted molar refractivity (Wildman–Crippen MR) is 81.4 cm³/mol. The lowest BCUT2D eigenvalue weighted by Gasteiger charge is -2.27. The van der Waals surface area contributed by atoms with E-state index in [4.69, 9.17) is 0 Å². The molecular formula is C17H27NO. The van der Waals surface area contributed by atoms with Gasteiger partial charge in [0.15, 0.2) is 0 Å². The highest BCUT2D eigenvalue weighted by molar-refractivity contribution is 5.83. The van der Waals surface area contributed by atoms with Crippen molar-refractivity contribution in [3.05, 3.63) is 35.9 Å². The Labute approximate surface area is 117 Å². The number of nitrogens with one attached hydrogen (secondary N) is 1. The van der Waals surface area contributed by atoms with Gasteiger partial charge in [0.2, 0.25) is 0 Å². The Hall–Kier alpha value is -1.15. The van der Waals surface area contributed by atoms with Crippen LogP contribution < -0.4 is 5.32 Å². The molecule has 0 aliphatic heterocycles. The second-order valence-electron chi connectivity index (χ2n) is 6.14. The van der Waals surface area contributed by atoms with Gasteiger partial charge in [-0.15, -0.1) is 0 Å². The van der Waals surface area contributed by atoms with Crippen molar-refractivity contribution in [2.24, 2.45) is 0 Å². The highest BCUT2D eigenvalue weighted by Crippen LogP contribution is 2.11. The van der Waals surface area contributed by atoms with Gasteiger partial charge in [0.25, 0.3) is 0 Å². The van der Waals surface area contributed by atoms with Crippen LogP contribution in [-0.2, 0) is 11.2 Å². The highest BCUT2D eigenvalue weighted by Gasteiger charge is 2.21. The molecule has 0 fully saturated rings. The number of rotatable bonds is 7. The minimum atomic E-state index is -0.0117. The van der Waals surface area contributed by atoms with Crippen molar-refractivity contribution in [2.75, 3.05) is 0 Å². The van der Waals surface area contributed by atoms with Crippen molar-refractivity contribution in [1.29, 1.82) is 0 Å². The zero-order valence-electron chi connectivity index (χ0n) is 12.7. The lowest BCUT2D eigenvalue weighted by atomic mass is 9.97. The van der Waals surface area contributed by atoms with E-state index in [0.717, 1.165) is 19.3 Å². The number of carbonyl (C=O) groups is 1. The maximum Gasteiger partial charge on any atom is 0.149 e. The van der Waals surface area contributed by atoms with E-state index < -0.39 is 0 Å². The van der Waals surface area contributed by atoms with Gasteiger partial charge >= 0.3 is 0 Å². The quantitative estimate of drug-likeness (QED) is 0.810. The van der Waals surface area contributed by atoms with Crippen LogP contribution in [-0.4, -0.2) is 17.4 Å². The summed E-state index contributed by atoms with van der Waals surface area (Å²) in [6.45, 7) is 8.28. The first kappa shape index (κ1) is 15.9. The fraction of sp³-hybridized carbons (Fsp3) is 0.588. The van der Waals surface area contributed by atoms with Crippen LogP contribution in [0.2, 0.25) is 0 Å². The summed E-state index contributed by atoms with van der Waals surface area (Å²) in [5, 5.41) is 3.44. The number of Topliss-reactive ketones (excluding diaryl/α,β-unsaturated/α-hetero) is 1. The second kappa shape index (κ2) is 7.44. The van der Waals surface area contributed by atoms with E-state index in [1.165, 1.54) is 5.56 Å². The standard InChI is InChI=1S/C17H27NO/c1-5-16(19)15(18-17(2,3)4)13-9-12-14-10-7-6-8-11-14/h6-8,10-11,15,18H,5,9,12-13H2,1-4H3. The van der Waals surface area contributed by atoms with E-state index in [1.807, 2.05) is 13.0 Å². The highest BCUT2D eigenvalue weighted by atomic mass is 16.1. The molecule has 0 radical (unpaired) electrons. The molecule has 1 aromatic rings. The van der Waals surface area contributed by atoms with Crippen LogP contribution in [0.4, 0.5) is 0 Å². The fourth-order valence-electron chi connectivity index (χ4n) is 2.24. The summed E-state index contributed by atoms with van der Waals surface area (Å²) in [6.07, 6.45) is 3.61. The molecular weight excluding hydrogens is 234 g/mol. The molecule has 106 valence electrons. The molecule has 1 rings (SSSR count). The van der Waals surface area contributed by atoms with Crippen molar-refractivity contribution in [3.8, 4) is 0 Å². The van der Waals surface area contributed by atoms with Crippen LogP contribution in [0.5, 0.6) is 0 Å². The maximum atomic E-state index is 12.0. The number of hydrogen-bond donors (Lipinski definition) is 1. The van der Waals surface area contributed by atoms with E-state index in [1.54, 1.807) is 0 Å². The van der Waals surface area contributed by atoms with Crippen molar-refractivity contribution in [2.45, 2.75) is 65.0 Å². The smallest absolute Gasteiger partial charge is 0.149 e. The van der Waals surface area contributed by atoms with E-state index >= 15 is 0 Å². The molecule has 0 spiro atoms. The van der Waals surface area contributed by atoms with Crippen LogP contribution in [0, 0.1) is 0 Å². The molecule has 0 amide bonds. The molecule has 0 saturated carbocycles. The number of aryl methyl sites for hydroxylation is 1. The summed E-state index contributed by atoms with van der Waals surface area (Å²) >= 11 is 0. The molecule has 0 bridgehead atoms. The first-order valence-electron chi connectivity index (χ1n) is 7.26. The largest absolute Gasteiger partial charge is 0.303 e. The molecule has 19 heavy (non-hydrogen) atoms. The summed E-state index contributed by atoms with van der Waals surface area (Å²) in [4.78, 5) is 12.0. The molecule has 1 N–H and O–H groups in total. The van der Waals surface area contributed by atoms with Gasteiger partial charge in [0, 0.05) is 12.0 Å². The third kappa shape index (κ3) is 6.53. The van der Waals surface area contributed by atoms with Gasteiger partial charge in [-0.25, -0.2) is 0 Å². The molecule has 2 nitrogen and oxygen atoms in total. The molecule has 0 saturated heterocycles. The van der Waals surface area contributed by atoms with E-state index in [-0.39, 0.29) is 11.6 Å². The number of ketones is 1. The van der Waals surface area contributed by atoms with E-state index in [9.17, 15) is 4.79 Å². The zero-order valence-corrected chi connectivity index (χ0v) is 12.7. The van der Waals surface area contributed by atoms with Crippen LogP contribution in [0.25, 0.3) is 0 Å². The van der Waals surface area contributed by atoms with Crippen molar-refractivity contribution < 1.29 is 4.79 Å². The lowest BCUT2D eigenvalue weighted by molar-refractivity contribution is -0.121. The third-order valence-corrected chi connectivity index (χ3v) is 3.15. The van der Waals surface area contributed by atoms with Crippen molar-refractivity contribution in [1.82, 2.24) is 5.32 Å².